The number of nitrogens with two attached hydrogens (primary N) is 1. The molecule has 1 unspecified atom stereocenters. The topological polar surface area (TPSA) is 92.9 Å². The first kappa shape index (κ1) is 14.2. The van der Waals surface area contributed by atoms with Gasteiger partial charge in [0.2, 0.25) is 0 Å². The minimum absolute atomic E-state index is 0.203. The van der Waals surface area contributed by atoms with Gasteiger partial charge in [0.15, 0.2) is 0 Å². The second-order valence-electron chi connectivity index (χ2n) is 5.30. The number of hydrogen-bond acceptors (Lipinski definition) is 4. The molecular formula is C14H18N2O4. The molecule has 0 radical (unpaired) electrons. The number of carboxylic acids is 1. The van der Waals surface area contributed by atoms with Crippen molar-refractivity contribution in [3.05, 3.63) is 23.8 Å². The number of hydrogen-bond donors (Lipinski definition) is 2. The summed E-state index contributed by atoms with van der Waals surface area (Å²) >= 11 is 0. The molecule has 0 spiro atoms. The molecule has 0 aromatic heterocycles. The van der Waals surface area contributed by atoms with Gasteiger partial charge in [0.1, 0.15) is 5.75 Å². The van der Waals surface area contributed by atoms with Gasteiger partial charge in [-0.15, -0.1) is 0 Å². The van der Waals surface area contributed by atoms with Crippen molar-refractivity contribution in [3.8, 4) is 5.75 Å². The minimum atomic E-state index is -0.878. The first-order chi connectivity index (χ1) is 9.37. The van der Waals surface area contributed by atoms with Gasteiger partial charge in [0, 0.05) is 24.8 Å². The second kappa shape index (κ2) is 5.03. The number of likely N-dealkylation sites (tertiary alicyclic amines) is 1. The van der Waals surface area contributed by atoms with Gasteiger partial charge in [-0.05, 0) is 25.5 Å². The van der Waals surface area contributed by atoms with Crippen molar-refractivity contribution in [2.45, 2.75) is 13.3 Å². The van der Waals surface area contributed by atoms with Gasteiger partial charge in [0.05, 0.1) is 18.1 Å². The van der Waals surface area contributed by atoms with Crippen molar-refractivity contribution >= 4 is 17.6 Å². The molecule has 1 aromatic rings. The predicted octanol–water partition coefficient (Wildman–Crippen LogP) is 1.21. The lowest BCUT2D eigenvalue weighted by atomic mass is 9.90. The Kier molecular flexibility index (Phi) is 3.57. The molecule has 1 amide bonds. The molecule has 1 aliphatic heterocycles. The maximum absolute atomic E-state index is 12.5. The third kappa shape index (κ3) is 2.41. The summed E-state index contributed by atoms with van der Waals surface area (Å²) in [6, 6.07) is 4.81. The summed E-state index contributed by atoms with van der Waals surface area (Å²) in [5.74, 6) is -0.706. The van der Waals surface area contributed by atoms with Crippen LogP contribution < -0.4 is 10.5 Å². The maximum Gasteiger partial charge on any atom is 0.311 e. The summed E-state index contributed by atoms with van der Waals surface area (Å²) in [5, 5.41) is 9.20. The summed E-state index contributed by atoms with van der Waals surface area (Å²) in [6.07, 6.45) is 0.450. The van der Waals surface area contributed by atoms with Gasteiger partial charge in [-0.1, -0.05) is 0 Å². The summed E-state index contributed by atoms with van der Waals surface area (Å²) in [4.78, 5) is 25.2. The number of carbonyl (C=O) groups excluding carboxylic acids is 1. The van der Waals surface area contributed by atoms with E-state index in [-0.39, 0.29) is 12.5 Å². The number of carboxylic acid groups (broad SMARTS) is 1. The Morgan fingerprint density at radius 2 is 2.15 bits per heavy atom. The highest BCUT2D eigenvalue weighted by Crippen LogP contribution is 2.32. The van der Waals surface area contributed by atoms with Gasteiger partial charge < -0.3 is 20.5 Å². The standard InChI is InChI=1S/C14H18N2O4/c1-14(13(18)19)5-6-16(8-14)12(17)10-4-3-9(15)7-11(10)20-2/h3-4,7H,5-6,8,15H2,1-2H3,(H,18,19). The Labute approximate surface area is 117 Å². The van der Waals surface area contributed by atoms with E-state index < -0.39 is 11.4 Å². The zero-order chi connectivity index (χ0) is 14.9. The number of aliphatic carboxylic acids is 1. The van der Waals surface area contributed by atoms with E-state index in [1.165, 1.54) is 7.11 Å². The highest BCUT2D eigenvalue weighted by atomic mass is 16.5. The number of nitrogen functional groups attached to an aromatic ring is 1. The van der Waals surface area contributed by atoms with Crippen molar-refractivity contribution in [1.29, 1.82) is 0 Å². The average Bonchev–Trinajstić information content (AvgIpc) is 2.82. The molecule has 20 heavy (non-hydrogen) atoms. The molecular weight excluding hydrogens is 260 g/mol. The molecule has 0 bridgehead atoms. The fourth-order valence-electron chi connectivity index (χ4n) is 2.36. The second-order valence-corrected chi connectivity index (χ2v) is 5.30. The lowest BCUT2D eigenvalue weighted by Gasteiger charge is -2.21. The van der Waals surface area contributed by atoms with Crippen LogP contribution in [-0.2, 0) is 4.79 Å². The fourth-order valence-corrected chi connectivity index (χ4v) is 2.36. The lowest BCUT2D eigenvalue weighted by molar-refractivity contribution is -0.147. The molecule has 1 aliphatic rings. The quantitative estimate of drug-likeness (QED) is 0.811. The summed E-state index contributed by atoms with van der Waals surface area (Å²) in [7, 11) is 1.47. The molecule has 2 rings (SSSR count). The van der Waals surface area contributed by atoms with Crippen LogP contribution in [-0.4, -0.2) is 42.1 Å². The molecule has 1 fully saturated rings. The van der Waals surface area contributed by atoms with E-state index in [2.05, 4.69) is 0 Å². The molecule has 3 N–H and O–H groups in total. The molecule has 0 aliphatic carbocycles. The average molecular weight is 278 g/mol. The van der Waals surface area contributed by atoms with E-state index in [0.29, 0.717) is 30.0 Å². The Morgan fingerprint density at radius 1 is 1.45 bits per heavy atom. The normalized spacial score (nSPS) is 21.8. The maximum atomic E-state index is 12.5. The molecule has 108 valence electrons. The van der Waals surface area contributed by atoms with Crippen LogP contribution in [0.15, 0.2) is 18.2 Å². The Hall–Kier alpha value is -2.24. The van der Waals surface area contributed by atoms with Crippen LogP contribution in [0.3, 0.4) is 0 Å². The molecule has 1 heterocycles. The van der Waals surface area contributed by atoms with E-state index in [1.54, 1.807) is 30.0 Å². The third-order valence-corrected chi connectivity index (χ3v) is 3.73. The lowest BCUT2D eigenvalue weighted by Crippen LogP contribution is -2.35. The summed E-state index contributed by atoms with van der Waals surface area (Å²) in [6.45, 7) is 2.28. The van der Waals surface area contributed by atoms with Crippen molar-refractivity contribution in [2.24, 2.45) is 5.41 Å². The van der Waals surface area contributed by atoms with Crippen LogP contribution in [0.4, 0.5) is 5.69 Å². The van der Waals surface area contributed by atoms with Crippen LogP contribution in [0.25, 0.3) is 0 Å². The zero-order valence-electron chi connectivity index (χ0n) is 11.5. The van der Waals surface area contributed by atoms with Crippen molar-refractivity contribution < 1.29 is 19.4 Å². The number of rotatable bonds is 3. The minimum Gasteiger partial charge on any atom is -0.496 e. The molecule has 1 saturated heterocycles. The van der Waals surface area contributed by atoms with Crippen molar-refractivity contribution in [2.75, 3.05) is 25.9 Å². The number of ether oxygens (including phenoxy) is 1. The number of carbonyl (C=O) groups is 2. The van der Waals surface area contributed by atoms with Crippen LogP contribution in [0.1, 0.15) is 23.7 Å². The SMILES string of the molecule is COc1cc(N)ccc1C(=O)N1CCC(C)(C(=O)O)C1. The van der Waals surface area contributed by atoms with Gasteiger partial charge in [-0.3, -0.25) is 9.59 Å². The van der Waals surface area contributed by atoms with E-state index in [9.17, 15) is 14.7 Å². The number of benzene rings is 1. The Bertz CT molecular complexity index is 558. The van der Waals surface area contributed by atoms with E-state index in [1.807, 2.05) is 0 Å². The van der Waals surface area contributed by atoms with Gasteiger partial charge >= 0.3 is 5.97 Å². The zero-order valence-corrected chi connectivity index (χ0v) is 11.5. The smallest absolute Gasteiger partial charge is 0.311 e. The highest BCUT2D eigenvalue weighted by molar-refractivity contribution is 5.98. The van der Waals surface area contributed by atoms with Crippen LogP contribution >= 0.6 is 0 Å². The van der Waals surface area contributed by atoms with E-state index >= 15 is 0 Å². The molecule has 1 atom stereocenters. The Balaban J connectivity index is 2.23. The van der Waals surface area contributed by atoms with Gasteiger partial charge in [0.25, 0.3) is 5.91 Å². The first-order valence-corrected chi connectivity index (χ1v) is 6.33. The highest BCUT2D eigenvalue weighted by Gasteiger charge is 2.42. The number of anilines is 1. The Morgan fingerprint density at radius 3 is 2.70 bits per heavy atom. The van der Waals surface area contributed by atoms with Crippen LogP contribution in [0.2, 0.25) is 0 Å². The number of amides is 1. The molecule has 0 saturated carbocycles. The first-order valence-electron chi connectivity index (χ1n) is 6.33. The largest absolute Gasteiger partial charge is 0.496 e. The summed E-state index contributed by atoms with van der Waals surface area (Å²) < 4.78 is 5.16. The third-order valence-electron chi connectivity index (χ3n) is 3.73. The molecule has 6 heteroatoms. The number of methoxy groups -OCH3 is 1. The summed E-state index contributed by atoms with van der Waals surface area (Å²) in [5.41, 5.74) is 5.69. The van der Waals surface area contributed by atoms with Gasteiger partial charge in [-0.25, -0.2) is 0 Å². The van der Waals surface area contributed by atoms with Crippen LogP contribution in [0, 0.1) is 5.41 Å². The molecule has 6 nitrogen and oxygen atoms in total. The predicted molar refractivity (Wildman–Crippen MR) is 73.7 cm³/mol. The van der Waals surface area contributed by atoms with E-state index in [0.717, 1.165) is 0 Å². The molecule has 1 aromatic carbocycles. The monoisotopic (exact) mass is 278 g/mol. The van der Waals surface area contributed by atoms with Crippen LogP contribution in [0.5, 0.6) is 5.75 Å². The van der Waals surface area contributed by atoms with Crippen molar-refractivity contribution in [3.63, 3.8) is 0 Å². The fraction of sp³-hybridized carbons (Fsp3) is 0.429. The number of nitrogens with zero attached hydrogens (tertiary/aromatic N) is 1. The van der Waals surface area contributed by atoms with E-state index in [4.69, 9.17) is 10.5 Å². The van der Waals surface area contributed by atoms with Crippen molar-refractivity contribution in [1.82, 2.24) is 4.90 Å². The van der Waals surface area contributed by atoms with Gasteiger partial charge in [-0.2, -0.15) is 0 Å².